The van der Waals surface area contributed by atoms with E-state index in [1.165, 1.54) is 12.1 Å². The van der Waals surface area contributed by atoms with Crippen molar-refractivity contribution in [1.29, 1.82) is 5.26 Å². The average molecular weight is 587 g/mol. The van der Waals surface area contributed by atoms with E-state index in [2.05, 4.69) is 36.4 Å². The third-order valence-electron chi connectivity index (χ3n) is 4.19. The number of carbonyl (C=O) groups is 1. The van der Waals surface area contributed by atoms with Crippen molar-refractivity contribution < 1.29 is 36.2 Å². The van der Waals surface area contributed by atoms with Gasteiger partial charge in [0.05, 0.1) is 30.0 Å². The zero-order valence-electron chi connectivity index (χ0n) is 19.0. The number of nitriles is 1. The van der Waals surface area contributed by atoms with Gasteiger partial charge >= 0.3 is 12.1 Å². The summed E-state index contributed by atoms with van der Waals surface area (Å²) in [6.07, 6.45) is -4.77. The number of carboxylic acid groups (broad SMARTS) is 1. The first kappa shape index (κ1) is 30.2. The zero-order valence-corrected chi connectivity index (χ0v) is 21.3. The Morgan fingerprint density at radius 3 is 2.27 bits per heavy atom. The van der Waals surface area contributed by atoms with Crippen LogP contribution >= 0.6 is 22.9 Å². The number of carboxylic acids is 1. The SMILES string of the molecule is N#CCCNc1nc(NCCNS(=O)(=O)c2ccc(Cl)s2)nc(N2CCOCC2)n1.O=C(O)C(F)(F)F. The number of hydrogen-bond acceptors (Lipinski definition) is 12. The highest BCUT2D eigenvalue weighted by molar-refractivity contribution is 7.91. The van der Waals surface area contributed by atoms with E-state index in [1.54, 1.807) is 0 Å². The van der Waals surface area contributed by atoms with Crippen molar-refractivity contribution in [3.05, 3.63) is 16.5 Å². The summed E-state index contributed by atoms with van der Waals surface area (Å²) >= 11 is 6.80. The molecule has 2 aromatic heterocycles. The number of hydrogen-bond donors (Lipinski definition) is 4. The van der Waals surface area contributed by atoms with Crippen LogP contribution < -0.4 is 20.3 Å². The van der Waals surface area contributed by atoms with Gasteiger partial charge in [-0.3, -0.25) is 0 Å². The fourth-order valence-electron chi connectivity index (χ4n) is 2.53. The fourth-order valence-corrected chi connectivity index (χ4v) is 5.09. The molecule has 1 fully saturated rings. The number of alkyl halides is 3. The standard InChI is InChI=1S/C16H21ClN8O3S2.C2HF3O2/c17-12-2-3-13(29-12)30(26,27)21-7-6-20-15-22-14(19-5-1-4-18)23-16(24-15)25-8-10-28-11-9-25;3-2(4,5)1(6)7/h2-3,21H,1,5-11H2,(H2,19,20,22,23,24);(H,6,7). The first-order chi connectivity index (χ1) is 17.4. The predicted octanol–water partition coefficient (Wildman–Crippen LogP) is 1.77. The van der Waals surface area contributed by atoms with Gasteiger partial charge in [-0.05, 0) is 12.1 Å². The van der Waals surface area contributed by atoms with Crippen molar-refractivity contribution in [2.75, 3.05) is 61.5 Å². The second-order valence-corrected chi connectivity index (χ2v) is 10.6. The Morgan fingerprint density at radius 1 is 1.16 bits per heavy atom. The molecule has 0 bridgehead atoms. The molecule has 4 N–H and O–H groups in total. The number of aliphatic carboxylic acids is 1. The number of morpholine rings is 1. The molecule has 1 saturated heterocycles. The quantitative estimate of drug-likeness (QED) is 0.296. The normalized spacial score (nSPS) is 13.8. The molecule has 0 spiro atoms. The summed E-state index contributed by atoms with van der Waals surface area (Å²) in [5.74, 6) is -1.61. The Balaban J connectivity index is 0.000000604. The third-order valence-corrected chi connectivity index (χ3v) is 7.38. The smallest absolute Gasteiger partial charge is 0.475 e. The Labute approximate surface area is 218 Å². The fraction of sp³-hybridized carbons (Fsp3) is 0.500. The molecule has 0 aliphatic carbocycles. The second kappa shape index (κ2) is 14.1. The number of ether oxygens (including phenoxy) is 1. The monoisotopic (exact) mass is 586 g/mol. The van der Waals surface area contributed by atoms with Crippen LogP contribution in [0, 0.1) is 11.3 Å². The summed E-state index contributed by atoms with van der Waals surface area (Å²) in [7, 11) is -3.62. The molecule has 0 saturated carbocycles. The molecule has 1 aliphatic rings. The van der Waals surface area contributed by atoms with Crippen LogP contribution in [-0.2, 0) is 19.6 Å². The minimum atomic E-state index is -5.08. The number of nitrogens with one attached hydrogen (secondary N) is 3. The van der Waals surface area contributed by atoms with Gasteiger partial charge in [-0.25, -0.2) is 17.9 Å². The highest BCUT2D eigenvalue weighted by atomic mass is 35.5. The minimum absolute atomic E-state index is 0.133. The van der Waals surface area contributed by atoms with Gasteiger partial charge in [0.25, 0.3) is 0 Å². The van der Waals surface area contributed by atoms with Crippen molar-refractivity contribution in [3.8, 4) is 6.07 Å². The van der Waals surface area contributed by atoms with E-state index >= 15 is 0 Å². The summed E-state index contributed by atoms with van der Waals surface area (Å²) in [6.45, 7) is 3.29. The molecule has 0 atom stereocenters. The van der Waals surface area contributed by atoms with Gasteiger partial charge in [0.1, 0.15) is 4.21 Å². The lowest BCUT2D eigenvalue weighted by Gasteiger charge is -2.27. The van der Waals surface area contributed by atoms with Gasteiger partial charge in [-0.2, -0.15) is 33.4 Å². The molecule has 0 aromatic carbocycles. The lowest BCUT2D eigenvalue weighted by atomic mass is 10.4. The summed E-state index contributed by atoms with van der Waals surface area (Å²) in [4.78, 5) is 24.0. The maximum absolute atomic E-state index is 12.2. The Kier molecular flexibility index (Phi) is 11.5. The van der Waals surface area contributed by atoms with Crippen LogP contribution in [0.4, 0.5) is 31.0 Å². The maximum atomic E-state index is 12.2. The summed E-state index contributed by atoms with van der Waals surface area (Å²) in [5, 5.41) is 21.8. The number of halogens is 4. The van der Waals surface area contributed by atoms with Gasteiger partial charge in [0.15, 0.2) is 0 Å². The van der Waals surface area contributed by atoms with Crippen molar-refractivity contribution in [2.45, 2.75) is 16.8 Å². The van der Waals surface area contributed by atoms with Gasteiger partial charge in [0.2, 0.25) is 27.9 Å². The molecule has 37 heavy (non-hydrogen) atoms. The topological polar surface area (TPSA) is 182 Å². The van der Waals surface area contributed by atoms with Crippen LogP contribution in [-0.4, -0.2) is 86.6 Å². The van der Waals surface area contributed by atoms with E-state index in [9.17, 15) is 21.6 Å². The number of rotatable bonds is 10. The molecule has 13 nitrogen and oxygen atoms in total. The summed E-state index contributed by atoms with van der Waals surface area (Å²) in [6, 6.07) is 5.05. The molecule has 0 amide bonds. The second-order valence-electron chi connectivity index (χ2n) is 6.90. The highest BCUT2D eigenvalue weighted by Crippen LogP contribution is 2.25. The molecule has 0 radical (unpaired) electrons. The number of sulfonamides is 1. The van der Waals surface area contributed by atoms with E-state index in [4.69, 9.17) is 31.5 Å². The summed E-state index contributed by atoms with van der Waals surface area (Å²) in [5.41, 5.74) is 0. The lowest BCUT2D eigenvalue weighted by molar-refractivity contribution is -0.192. The van der Waals surface area contributed by atoms with Crippen LogP contribution in [0.15, 0.2) is 16.3 Å². The Hall–Kier alpha value is -2.98. The van der Waals surface area contributed by atoms with Crippen molar-refractivity contribution in [1.82, 2.24) is 19.7 Å². The molecule has 19 heteroatoms. The highest BCUT2D eigenvalue weighted by Gasteiger charge is 2.38. The Bertz CT molecular complexity index is 1190. The van der Waals surface area contributed by atoms with E-state index in [0.29, 0.717) is 61.5 Å². The summed E-state index contributed by atoms with van der Waals surface area (Å²) < 4.78 is 64.6. The van der Waals surface area contributed by atoms with Crippen LogP contribution in [0.3, 0.4) is 0 Å². The molecule has 0 unspecified atom stereocenters. The Morgan fingerprint density at radius 2 is 1.76 bits per heavy atom. The molecule has 204 valence electrons. The number of aromatic nitrogens is 3. The number of nitrogens with zero attached hydrogens (tertiary/aromatic N) is 5. The van der Waals surface area contributed by atoms with Gasteiger partial charge < -0.3 is 25.4 Å². The predicted molar refractivity (Wildman–Crippen MR) is 128 cm³/mol. The van der Waals surface area contributed by atoms with Gasteiger partial charge in [-0.15, -0.1) is 11.3 Å². The first-order valence-electron chi connectivity index (χ1n) is 10.4. The molecule has 3 rings (SSSR count). The van der Waals surface area contributed by atoms with Crippen LogP contribution in [0.5, 0.6) is 0 Å². The van der Waals surface area contributed by atoms with E-state index in [1.807, 2.05) is 4.90 Å². The van der Waals surface area contributed by atoms with Crippen LogP contribution in [0.2, 0.25) is 4.34 Å². The van der Waals surface area contributed by atoms with E-state index in [0.717, 1.165) is 11.3 Å². The maximum Gasteiger partial charge on any atom is 0.490 e. The molecular weight excluding hydrogens is 565 g/mol. The molecular formula is C18H22ClF3N8O5S2. The third kappa shape index (κ3) is 10.5. The minimum Gasteiger partial charge on any atom is -0.475 e. The van der Waals surface area contributed by atoms with Crippen molar-refractivity contribution >= 4 is 56.8 Å². The zero-order chi connectivity index (χ0) is 27.5. The van der Waals surface area contributed by atoms with E-state index < -0.39 is 22.2 Å². The number of anilines is 3. The van der Waals surface area contributed by atoms with Gasteiger partial charge in [-0.1, -0.05) is 11.6 Å². The van der Waals surface area contributed by atoms with Crippen LogP contribution in [0.25, 0.3) is 0 Å². The molecule has 1 aliphatic heterocycles. The van der Waals surface area contributed by atoms with E-state index in [-0.39, 0.29) is 17.3 Å². The van der Waals surface area contributed by atoms with Crippen molar-refractivity contribution in [2.24, 2.45) is 0 Å². The largest absolute Gasteiger partial charge is 0.490 e. The molecule has 2 aromatic rings. The molecule has 3 heterocycles. The van der Waals surface area contributed by atoms with Crippen LogP contribution in [0.1, 0.15) is 6.42 Å². The first-order valence-corrected chi connectivity index (χ1v) is 13.1. The van der Waals surface area contributed by atoms with Gasteiger partial charge in [0, 0.05) is 32.7 Å². The lowest BCUT2D eigenvalue weighted by Crippen LogP contribution is -2.37. The van der Waals surface area contributed by atoms with Crippen molar-refractivity contribution in [3.63, 3.8) is 0 Å². The average Bonchev–Trinajstić information content (AvgIpc) is 3.30. The number of thiophene rings is 1.